The molecule has 1 aliphatic heterocycles. The van der Waals surface area contributed by atoms with Crippen molar-refractivity contribution in [2.45, 2.75) is 18.0 Å². The van der Waals surface area contributed by atoms with Crippen molar-refractivity contribution in [3.63, 3.8) is 0 Å². The van der Waals surface area contributed by atoms with Crippen molar-refractivity contribution in [3.05, 3.63) is 66.8 Å². The first-order chi connectivity index (χ1) is 13.8. The van der Waals surface area contributed by atoms with Crippen molar-refractivity contribution in [1.82, 2.24) is 29.9 Å². The van der Waals surface area contributed by atoms with E-state index in [2.05, 4.69) is 64.7 Å². The summed E-state index contributed by atoms with van der Waals surface area (Å²) in [5.41, 5.74) is 4.39. The highest BCUT2D eigenvalue weighted by atomic mass is 32.2. The Morgan fingerprint density at radius 1 is 1.04 bits per heavy atom. The van der Waals surface area contributed by atoms with E-state index in [1.54, 1.807) is 30.7 Å². The topological polar surface area (TPSA) is 95.5 Å². The minimum Gasteiger partial charge on any atom is -0.360 e. The first kappa shape index (κ1) is 16.7. The minimum absolute atomic E-state index is 0.0577. The molecule has 0 bridgehead atoms. The smallest absolute Gasteiger partial charge is 0.162 e. The van der Waals surface area contributed by atoms with Gasteiger partial charge in [-0.25, -0.2) is 19.9 Å². The van der Waals surface area contributed by atoms with Crippen molar-refractivity contribution >= 4 is 40.7 Å². The fraction of sp³-hybridized carbons (Fsp3) is 0.105. The normalized spacial score (nSPS) is 14.5. The highest BCUT2D eigenvalue weighted by Crippen LogP contribution is 2.39. The molecular weight excluding hydrogens is 372 g/mol. The molecule has 5 rings (SSSR count). The Morgan fingerprint density at radius 3 is 2.79 bits per heavy atom. The van der Waals surface area contributed by atoms with Crippen LogP contribution in [0.4, 0.5) is 11.5 Å². The first-order valence-electron chi connectivity index (χ1n) is 8.76. The molecule has 2 N–H and O–H groups in total. The number of benzene rings is 1. The maximum Gasteiger partial charge on any atom is 0.162 e. The van der Waals surface area contributed by atoms with Crippen LogP contribution in [0.25, 0.3) is 17.2 Å². The zero-order valence-corrected chi connectivity index (χ0v) is 15.8. The second-order valence-electron chi connectivity index (χ2n) is 6.23. The number of imidazole rings is 1. The number of anilines is 2. The number of aromatic amines is 1. The molecule has 0 amide bonds. The van der Waals surface area contributed by atoms with Crippen LogP contribution in [0.1, 0.15) is 12.6 Å². The van der Waals surface area contributed by atoms with Crippen molar-refractivity contribution in [1.29, 1.82) is 0 Å². The number of nitrogens with one attached hydrogen (secondary N) is 2. The lowest BCUT2D eigenvalue weighted by Crippen LogP contribution is -2.30. The molecule has 3 aromatic heterocycles. The van der Waals surface area contributed by atoms with Gasteiger partial charge in [-0.15, -0.1) is 0 Å². The van der Waals surface area contributed by atoms with E-state index in [1.165, 1.54) is 6.33 Å². The quantitative estimate of drug-likeness (QED) is 0.513. The van der Waals surface area contributed by atoms with Gasteiger partial charge in [0.2, 0.25) is 0 Å². The minimum atomic E-state index is -0.0577. The Morgan fingerprint density at radius 2 is 1.89 bits per heavy atom. The van der Waals surface area contributed by atoms with E-state index in [4.69, 9.17) is 0 Å². The SMILES string of the molecule is CC(Nc1ncnc2[nH]cnc12)C1=Cc2nccnc2SN1c1ccccc1. The molecule has 28 heavy (non-hydrogen) atoms. The van der Waals surface area contributed by atoms with Gasteiger partial charge in [-0.2, -0.15) is 0 Å². The van der Waals surface area contributed by atoms with Gasteiger partial charge in [0, 0.05) is 24.3 Å². The Hall–Kier alpha value is -3.46. The predicted molar refractivity (Wildman–Crippen MR) is 110 cm³/mol. The van der Waals surface area contributed by atoms with Crippen LogP contribution in [0, 0.1) is 0 Å². The van der Waals surface area contributed by atoms with Gasteiger partial charge >= 0.3 is 0 Å². The molecular formula is C19H16N8S. The van der Waals surface area contributed by atoms with E-state index in [1.807, 2.05) is 18.2 Å². The van der Waals surface area contributed by atoms with Crippen molar-refractivity contribution in [2.75, 3.05) is 9.62 Å². The molecule has 0 saturated carbocycles. The van der Waals surface area contributed by atoms with Crippen LogP contribution in [0.5, 0.6) is 0 Å². The maximum atomic E-state index is 4.47. The summed E-state index contributed by atoms with van der Waals surface area (Å²) in [7, 11) is 0. The third-order valence-corrected chi connectivity index (χ3v) is 5.48. The average Bonchev–Trinajstić information content (AvgIpc) is 3.23. The van der Waals surface area contributed by atoms with E-state index < -0.39 is 0 Å². The molecule has 0 saturated heterocycles. The molecule has 0 aliphatic carbocycles. The number of para-hydroxylation sites is 1. The lowest BCUT2D eigenvalue weighted by atomic mass is 10.1. The molecule has 4 heterocycles. The molecule has 0 radical (unpaired) electrons. The number of fused-ring (bicyclic) bond motifs is 2. The first-order valence-corrected chi connectivity index (χ1v) is 9.53. The Balaban J connectivity index is 1.54. The molecule has 0 spiro atoms. The van der Waals surface area contributed by atoms with Crippen LogP contribution in [-0.4, -0.2) is 35.9 Å². The van der Waals surface area contributed by atoms with Crippen molar-refractivity contribution < 1.29 is 0 Å². The van der Waals surface area contributed by atoms with Crippen molar-refractivity contribution in [3.8, 4) is 0 Å². The molecule has 138 valence electrons. The molecule has 4 aromatic rings. The van der Waals surface area contributed by atoms with E-state index in [0.29, 0.717) is 17.0 Å². The predicted octanol–water partition coefficient (Wildman–Crippen LogP) is 3.51. The summed E-state index contributed by atoms with van der Waals surface area (Å²) in [6.45, 7) is 2.09. The number of rotatable bonds is 4. The zero-order valence-electron chi connectivity index (χ0n) is 14.9. The van der Waals surface area contributed by atoms with Crippen LogP contribution in [-0.2, 0) is 0 Å². The van der Waals surface area contributed by atoms with E-state index >= 15 is 0 Å². The lowest BCUT2D eigenvalue weighted by molar-refractivity contribution is 0.892. The van der Waals surface area contributed by atoms with Crippen LogP contribution < -0.4 is 9.62 Å². The summed E-state index contributed by atoms with van der Waals surface area (Å²) >= 11 is 1.56. The van der Waals surface area contributed by atoms with Gasteiger partial charge in [0.05, 0.1) is 29.4 Å². The van der Waals surface area contributed by atoms with Crippen LogP contribution >= 0.6 is 11.9 Å². The number of nitrogens with zero attached hydrogens (tertiary/aromatic N) is 6. The number of aromatic nitrogens is 6. The Bertz CT molecular complexity index is 1160. The Labute approximate surface area is 165 Å². The molecule has 9 heteroatoms. The standard InChI is InChI=1S/C19H16N8S/c1-12(26-18-16-17(23-10-22-16)24-11-25-18)15-9-14-19(21-8-7-20-14)28-27(15)13-5-3-2-4-6-13/h2-12H,1H3,(H2,22,23,24,25,26). The lowest BCUT2D eigenvalue weighted by Gasteiger charge is -2.33. The Kier molecular flexibility index (Phi) is 4.13. The number of H-pyrrole nitrogens is 1. The van der Waals surface area contributed by atoms with Gasteiger partial charge in [0.15, 0.2) is 11.5 Å². The number of hydrogen-bond acceptors (Lipinski definition) is 8. The summed E-state index contributed by atoms with van der Waals surface area (Å²) in [5, 5.41) is 4.34. The van der Waals surface area contributed by atoms with E-state index in [9.17, 15) is 0 Å². The second-order valence-corrected chi connectivity index (χ2v) is 7.16. The molecule has 1 unspecified atom stereocenters. The van der Waals surface area contributed by atoms with E-state index in [0.717, 1.165) is 22.1 Å². The summed E-state index contributed by atoms with van der Waals surface area (Å²) in [4.78, 5) is 24.8. The van der Waals surface area contributed by atoms with Gasteiger partial charge in [-0.05, 0) is 25.1 Å². The van der Waals surface area contributed by atoms with Gasteiger partial charge in [0.25, 0.3) is 0 Å². The summed E-state index contributed by atoms with van der Waals surface area (Å²) in [5.74, 6) is 0.683. The third-order valence-electron chi connectivity index (χ3n) is 4.39. The largest absolute Gasteiger partial charge is 0.360 e. The molecule has 1 atom stereocenters. The summed E-state index contributed by atoms with van der Waals surface area (Å²) in [6.07, 6.45) is 8.63. The molecule has 1 aromatic carbocycles. The molecule has 0 fully saturated rings. The number of hydrogen-bond donors (Lipinski definition) is 2. The van der Waals surface area contributed by atoms with Crippen LogP contribution in [0.3, 0.4) is 0 Å². The second kappa shape index (κ2) is 6.93. The maximum absolute atomic E-state index is 4.47. The van der Waals surface area contributed by atoms with Gasteiger partial charge in [-0.3, -0.25) is 9.29 Å². The van der Waals surface area contributed by atoms with E-state index in [-0.39, 0.29) is 6.04 Å². The molecule has 1 aliphatic rings. The van der Waals surface area contributed by atoms with Crippen LogP contribution in [0.15, 0.2) is 66.1 Å². The van der Waals surface area contributed by atoms with Gasteiger partial charge < -0.3 is 10.3 Å². The zero-order chi connectivity index (χ0) is 18.9. The summed E-state index contributed by atoms with van der Waals surface area (Å²) in [6, 6.07) is 10.1. The fourth-order valence-corrected chi connectivity index (χ4v) is 4.09. The van der Waals surface area contributed by atoms with Gasteiger partial charge in [0.1, 0.15) is 16.9 Å². The van der Waals surface area contributed by atoms with Gasteiger partial charge in [-0.1, -0.05) is 18.2 Å². The van der Waals surface area contributed by atoms with Crippen LogP contribution in [0.2, 0.25) is 0 Å². The average molecular weight is 388 g/mol. The highest BCUT2D eigenvalue weighted by molar-refractivity contribution is 8.00. The highest BCUT2D eigenvalue weighted by Gasteiger charge is 2.26. The van der Waals surface area contributed by atoms with Crippen molar-refractivity contribution in [2.24, 2.45) is 0 Å². The molecule has 8 nitrogen and oxygen atoms in total. The summed E-state index contributed by atoms with van der Waals surface area (Å²) < 4.78 is 2.16. The third kappa shape index (κ3) is 2.95. The fourth-order valence-electron chi connectivity index (χ4n) is 3.06. The monoisotopic (exact) mass is 388 g/mol.